The van der Waals surface area contributed by atoms with Crippen LogP contribution in [0.1, 0.15) is 24.2 Å². The van der Waals surface area contributed by atoms with E-state index in [1.807, 2.05) is 0 Å². The van der Waals surface area contributed by atoms with Gasteiger partial charge in [0.15, 0.2) is 6.10 Å². The number of alkyl halides is 2. The molecule has 0 aliphatic carbocycles. The van der Waals surface area contributed by atoms with E-state index in [1.165, 1.54) is 11.1 Å². The van der Waals surface area contributed by atoms with Gasteiger partial charge in [0.25, 0.3) is 12.3 Å². The third-order valence-electron chi connectivity index (χ3n) is 5.03. The number of nitrogens with zero attached hydrogens (tertiary/aromatic N) is 2. The molecule has 2 aliphatic rings. The maximum absolute atomic E-state index is 13.9. The molecule has 1 unspecified atom stereocenters. The fraction of sp³-hybridized carbons (Fsp3) is 0.421. The molecule has 3 N–H and O–H groups in total. The summed E-state index contributed by atoms with van der Waals surface area (Å²) in [6.07, 6.45) is -3.19. The van der Waals surface area contributed by atoms with Crippen molar-refractivity contribution in [2.24, 2.45) is 5.73 Å². The molecule has 2 saturated heterocycles. The molecule has 1 aromatic carbocycles. The van der Waals surface area contributed by atoms with Crippen molar-refractivity contribution >= 4 is 28.6 Å². The Balaban J connectivity index is 1.83. The summed E-state index contributed by atoms with van der Waals surface area (Å²) >= 11 is 0. The van der Waals surface area contributed by atoms with Gasteiger partial charge in [0.1, 0.15) is 17.6 Å². The van der Waals surface area contributed by atoms with Crippen LogP contribution in [0.3, 0.4) is 0 Å². The highest BCUT2D eigenvalue weighted by atomic mass is 19.3. The Hall–Kier alpha value is -3.17. The molecule has 3 heterocycles. The largest absolute Gasteiger partial charge is 0.490 e. The third kappa shape index (κ3) is 3.28. The molecule has 10 heteroatoms. The maximum atomic E-state index is 13.9. The lowest BCUT2D eigenvalue weighted by molar-refractivity contribution is 0.0499. The number of carbonyl (C=O) groups is 2. The lowest BCUT2D eigenvalue weighted by Gasteiger charge is -2.28. The Morgan fingerprint density at radius 1 is 1.41 bits per heavy atom. The van der Waals surface area contributed by atoms with Gasteiger partial charge >= 0.3 is 6.09 Å². The summed E-state index contributed by atoms with van der Waals surface area (Å²) in [7, 11) is 0. The summed E-state index contributed by atoms with van der Waals surface area (Å²) in [6.45, 7) is 3.72. The highest BCUT2D eigenvalue weighted by Gasteiger charge is 2.53. The van der Waals surface area contributed by atoms with Crippen molar-refractivity contribution in [3.8, 4) is 5.75 Å². The predicted molar refractivity (Wildman–Crippen MR) is 100 cm³/mol. The molecule has 3 atom stereocenters. The number of nitrogens with one attached hydrogen (secondary N) is 1. The number of aromatic nitrogens is 1. The summed E-state index contributed by atoms with van der Waals surface area (Å²) < 4.78 is 38.6. The quantitative estimate of drug-likeness (QED) is 0.787. The minimum Gasteiger partial charge on any atom is -0.490 e. The van der Waals surface area contributed by atoms with Crippen LogP contribution in [0.4, 0.5) is 19.4 Å². The van der Waals surface area contributed by atoms with Crippen molar-refractivity contribution in [3.63, 3.8) is 0 Å². The van der Waals surface area contributed by atoms with Gasteiger partial charge in [0, 0.05) is 18.1 Å². The Bertz CT molecular complexity index is 984. The van der Waals surface area contributed by atoms with E-state index in [4.69, 9.17) is 15.2 Å². The van der Waals surface area contributed by atoms with Crippen molar-refractivity contribution < 1.29 is 27.8 Å². The summed E-state index contributed by atoms with van der Waals surface area (Å²) in [5, 5.41) is 3.70. The molecule has 1 aromatic heterocycles. The Morgan fingerprint density at radius 3 is 2.83 bits per heavy atom. The number of ether oxygens (including phenoxy) is 2. The summed E-state index contributed by atoms with van der Waals surface area (Å²) in [5.74, 6) is -0.102. The average molecular weight is 406 g/mol. The molecule has 29 heavy (non-hydrogen) atoms. The molecule has 4 rings (SSSR count). The van der Waals surface area contributed by atoms with Crippen LogP contribution < -0.4 is 20.7 Å². The van der Waals surface area contributed by atoms with Crippen molar-refractivity contribution in [1.29, 1.82) is 0 Å². The maximum Gasteiger partial charge on any atom is 0.407 e. The molecular weight excluding hydrogens is 386 g/mol. The van der Waals surface area contributed by atoms with E-state index >= 15 is 0 Å². The van der Waals surface area contributed by atoms with Gasteiger partial charge in [0.05, 0.1) is 17.7 Å². The van der Waals surface area contributed by atoms with Crippen LogP contribution in [0.5, 0.6) is 5.75 Å². The number of rotatable bonds is 5. The summed E-state index contributed by atoms with van der Waals surface area (Å²) in [6, 6.07) is 2.91. The predicted octanol–water partition coefficient (Wildman–Crippen LogP) is 2.05. The molecule has 2 aliphatic heterocycles. The molecule has 154 valence electrons. The zero-order valence-electron chi connectivity index (χ0n) is 15.8. The molecule has 0 radical (unpaired) electrons. The fourth-order valence-corrected chi connectivity index (χ4v) is 3.91. The molecule has 2 amide bonds. The average Bonchev–Trinajstić information content (AvgIpc) is 3.15. The van der Waals surface area contributed by atoms with Gasteiger partial charge in [-0.25, -0.2) is 18.6 Å². The van der Waals surface area contributed by atoms with E-state index in [-0.39, 0.29) is 24.0 Å². The van der Waals surface area contributed by atoms with Crippen molar-refractivity contribution in [3.05, 3.63) is 30.0 Å². The second-order valence-corrected chi connectivity index (χ2v) is 7.33. The number of pyridine rings is 1. The Morgan fingerprint density at radius 2 is 2.17 bits per heavy atom. The SMILES string of the molecule is CC(C)Oc1cc2c(N3C[C@H]4NC(=O)O[C@H]4C3C(F)F)nccc2cc1C(N)=O. The van der Waals surface area contributed by atoms with E-state index in [1.54, 1.807) is 32.0 Å². The van der Waals surface area contributed by atoms with Crippen molar-refractivity contribution in [1.82, 2.24) is 10.3 Å². The van der Waals surface area contributed by atoms with Crippen molar-refractivity contribution in [2.75, 3.05) is 11.4 Å². The second kappa shape index (κ2) is 7.02. The molecule has 0 bridgehead atoms. The summed E-state index contributed by atoms with van der Waals surface area (Å²) in [5.41, 5.74) is 5.67. The van der Waals surface area contributed by atoms with Gasteiger partial charge in [-0.2, -0.15) is 0 Å². The normalized spacial score (nSPS) is 23.4. The highest BCUT2D eigenvalue weighted by Crippen LogP contribution is 2.38. The minimum atomic E-state index is -2.76. The number of alkyl carbamates (subject to hydrolysis) is 1. The van der Waals surface area contributed by atoms with E-state index in [2.05, 4.69) is 10.3 Å². The van der Waals surface area contributed by atoms with Crippen LogP contribution in [0, 0.1) is 0 Å². The lowest BCUT2D eigenvalue weighted by Crippen LogP contribution is -2.42. The van der Waals surface area contributed by atoms with Gasteiger partial charge in [0.2, 0.25) is 0 Å². The Labute approximate surface area is 165 Å². The van der Waals surface area contributed by atoms with Crippen LogP contribution >= 0.6 is 0 Å². The van der Waals surface area contributed by atoms with E-state index in [0.29, 0.717) is 16.6 Å². The van der Waals surface area contributed by atoms with Crippen molar-refractivity contribution in [2.45, 2.75) is 44.6 Å². The number of amides is 2. The number of hydrogen-bond acceptors (Lipinski definition) is 6. The van der Waals surface area contributed by atoms with E-state index in [9.17, 15) is 18.4 Å². The van der Waals surface area contributed by atoms with Crippen LogP contribution in [-0.4, -0.2) is 54.2 Å². The van der Waals surface area contributed by atoms with Gasteiger partial charge in [-0.1, -0.05) is 0 Å². The number of carbonyl (C=O) groups excluding carboxylic acids is 2. The number of benzene rings is 1. The first kappa shape index (κ1) is 19.2. The highest BCUT2D eigenvalue weighted by molar-refractivity contribution is 6.03. The number of fused-ring (bicyclic) bond motifs is 2. The molecule has 8 nitrogen and oxygen atoms in total. The molecular formula is C19H20F2N4O4. The molecule has 0 spiro atoms. The van der Waals surface area contributed by atoms with Gasteiger partial charge in [-0.3, -0.25) is 4.79 Å². The first-order chi connectivity index (χ1) is 13.8. The number of primary amides is 1. The monoisotopic (exact) mass is 406 g/mol. The number of anilines is 1. The zero-order valence-corrected chi connectivity index (χ0v) is 15.8. The van der Waals surface area contributed by atoms with E-state index in [0.717, 1.165) is 0 Å². The smallest absolute Gasteiger partial charge is 0.407 e. The minimum absolute atomic E-state index is 0.121. The first-order valence-corrected chi connectivity index (χ1v) is 9.17. The molecule has 0 saturated carbocycles. The zero-order chi connectivity index (χ0) is 20.9. The number of halogens is 2. The third-order valence-corrected chi connectivity index (χ3v) is 5.03. The standard InChI is InChI=1S/C19H20F2N4O4/c1-8(2)28-13-6-10-9(5-11(13)17(22)26)3-4-23-18(10)25-7-12-15(14(25)16(20)21)29-19(27)24-12/h3-6,8,12,14-16H,7H2,1-2H3,(H2,22,26)(H,24,27)/t12-,14?,15-/m1/s1. The topological polar surface area (TPSA) is 107 Å². The fourth-order valence-electron chi connectivity index (χ4n) is 3.91. The number of nitrogens with two attached hydrogens (primary N) is 1. The van der Waals surface area contributed by atoms with Crippen LogP contribution in [0.2, 0.25) is 0 Å². The van der Waals surface area contributed by atoms with E-state index < -0.39 is 36.6 Å². The van der Waals surface area contributed by atoms with Crippen LogP contribution in [-0.2, 0) is 4.74 Å². The van der Waals surface area contributed by atoms with Gasteiger partial charge < -0.3 is 25.4 Å². The molecule has 2 fully saturated rings. The van der Waals surface area contributed by atoms with Gasteiger partial charge in [-0.05, 0) is 37.4 Å². The summed E-state index contributed by atoms with van der Waals surface area (Å²) in [4.78, 5) is 29.1. The number of hydrogen-bond donors (Lipinski definition) is 2. The Kier molecular flexibility index (Phi) is 4.64. The first-order valence-electron chi connectivity index (χ1n) is 9.17. The lowest BCUT2D eigenvalue weighted by atomic mass is 10.1. The molecule has 2 aromatic rings. The van der Waals surface area contributed by atoms with Crippen LogP contribution in [0.15, 0.2) is 24.4 Å². The van der Waals surface area contributed by atoms with Crippen LogP contribution in [0.25, 0.3) is 10.8 Å². The second-order valence-electron chi connectivity index (χ2n) is 7.33. The van der Waals surface area contributed by atoms with Gasteiger partial charge in [-0.15, -0.1) is 0 Å².